The third-order valence-electron chi connectivity index (χ3n) is 4.11. The van der Waals surface area contributed by atoms with Gasteiger partial charge in [-0.25, -0.2) is 4.79 Å². The van der Waals surface area contributed by atoms with Crippen molar-refractivity contribution in [3.05, 3.63) is 80.2 Å². The van der Waals surface area contributed by atoms with Crippen molar-refractivity contribution < 1.29 is 14.3 Å². The Kier molecular flexibility index (Phi) is 6.15. The van der Waals surface area contributed by atoms with Crippen LogP contribution < -0.4 is 10.3 Å². The summed E-state index contributed by atoms with van der Waals surface area (Å²) >= 11 is 3.49. The van der Waals surface area contributed by atoms with E-state index in [1.165, 1.54) is 0 Å². The predicted octanol–water partition coefficient (Wildman–Crippen LogP) is 4.95. The number of rotatable bonds is 5. The molecule has 2 aromatic carbocycles. The molecule has 146 valence electrons. The standard InChI is InChI=1S/C22H17BrN2O4/c1-3-28-22(27)14-4-6-15(7-5-14)29-16-8-9-17(20(23)11-16)18-10-13(2)25-21(26)19(18)12-24/h4-11H,3H2,1-2H3,(H,25,26). The van der Waals surface area contributed by atoms with Crippen LogP contribution >= 0.6 is 15.9 Å². The summed E-state index contributed by atoms with van der Waals surface area (Å²) in [4.78, 5) is 26.4. The molecule has 1 N–H and O–H groups in total. The maximum Gasteiger partial charge on any atom is 0.338 e. The molecule has 29 heavy (non-hydrogen) atoms. The molecule has 0 fully saturated rings. The molecule has 0 spiro atoms. The van der Waals surface area contributed by atoms with Gasteiger partial charge in [-0.05, 0) is 67.9 Å². The minimum atomic E-state index is -0.420. The lowest BCUT2D eigenvalue weighted by Crippen LogP contribution is -2.12. The number of H-pyrrole nitrogens is 1. The Morgan fingerprint density at radius 3 is 2.41 bits per heavy atom. The normalized spacial score (nSPS) is 10.3. The first-order valence-electron chi connectivity index (χ1n) is 8.82. The van der Waals surface area contributed by atoms with Gasteiger partial charge in [-0.1, -0.05) is 15.9 Å². The van der Waals surface area contributed by atoms with Crippen LogP contribution in [0, 0.1) is 18.3 Å². The van der Waals surface area contributed by atoms with Gasteiger partial charge in [-0.2, -0.15) is 5.26 Å². The lowest BCUT2D eigenvalue weighted by atomic mass is 10.0. The fourth-order valence-electron chi connectivity index (χ4n) is 2.80. The summed E-state index contributed by atoms with van der Waals surface area (Å²) in [7, 11) is 0. The van der Waals surface area contributed by atoms with E-state index in [9.17, 15) is 14.9 Å². The van der Waals surface area contributed by atoms with Crippen molar-refractivity contribution in [2.24, 2.45) is 0 Å². The van der Waals surface area contributed by atoms with Crippen molar-refractivity contribution in [2.75, 3.05) is 6.61 Å². The van der Waals surface area contributed by atoms with Gasteiger partial charge in [0, 0.05) is 15.7 Å². The molecular formula is C22H17BrN2O4. The number of carbonyl (C=O) groups is 1. The molecule has 0 aliphatic carbocycles. The average molecular weight is 453 g/mol. The Balaban J connectivity index is 1.87. The molecule has 0 amide bonds. The van der Waals surface area contributed by atoms with E-state index in [1.54, 1.807) is 62.4 Å². The minimum Gasteiger partial charge on any atom is -0.462 e. The monoisotopic (exact) mass is 452 g/mol. The molecular weight excluding hydrogens is 436 g/mol. The Morgan fingerprint density at radius 2 is 1.79 bits per heavy atom. The molecule has 0 bridgehead atoms. The molecule has 0 aliphatic rings. The zero-order valence-electron chi connectivity index (χ0n) is 15.8. The van der Waals surface area contributed by atoms with Crippen molar-refractivity contribution in [1.82, 2.24) is 4.98 Å². The second kappa shape index (κ2) is 8.76. The van der Waals surface area contributed by atoms with Crippen molar-refractivity contribution in [1.29, 1.82) is 5.26 Å². The third kappa shape index (κ3) is 4.55. The molecule has 6 nitrogen and oxygen atoms in total. The molecule has 3 aromatic rings. The van der Waals surface area contributed by atoms with E-state index in [0.717, 1.165) is 0 Å². The Labute approximate surface area is 175 Å². The van der Waals surface area contributed by atoms with E-state index < -0.39 is 5.56 Å². The van der Waals surface area contributed by atoms with E-state index in [-0.39, 0.29) is 11.5 Å². The minimum absolute atomic E-state index is 0.0551. The summed E-state index contributed by atoms with van der Waals surface area (Å²) in [6, 6.07) is 15.6. The fourth-order valence-corrected chi connectivity index (χ4v) is 3.37. The molecule has 0 aliphatic heterocycles. The molecule has 0 saturated carbocycles. The summed E-state index contributed by atoms with van der Waals surface area (Å²) < 4.78 is 11.5. The molecule has 0 saturated heterocycles. The number of aromatic nitrogens is 1. The summed E-state index contributed by atoms with van der Waals surface area (Å²) in [6.45, 7) is 3.83. The molecule has 0 atom stereocenters. The number of hydrogen-bond donors (Lipinski definition) is 1. The lowest BCUT2D eigenvalue weighted by molar-refractivity contribution is 0.0526. The highest BCUT2D eigenvalue weighted by atomic mass is 79.9. The van der Waals surface area contributed by atoms with Gasteiger partial charge < -0.3 is 14.5 Å². The first kappa shape index (κ1) is 20.4. The number of esters is 1. The van der Waals surface area contributed by atoms with Gasteiger partial charge in [-0.3, -0.25) is 4.79 Å². The highest BCUT2D eigenvalue weighted by Crippen LogP contribution is 2.34. The van der Waals surface area contributed by atoms with Crippen LogP contribution in [0.3, 0.4) is 0 Å². The number of halogens is 1. The number of nitrogens with zero attached hydrogens (tertiary/aromatic N) is 1. The van der Waals surface area contributed by atoms with Gasteiger partial charge >= 0.3 is 5.97 Å². The maximum atomic E-state index is 12.1. The summed E-state index contributed by atoms with van der Waals surface area (Å²) in [5.41, 5.74) is 2.00. The van der Waals surface area contributed by atoms with Crippen LogP contribution in [0.25, 0.3) is 11.1 Å². The Hall–Kier alpha value is -3.37. The number of pyridine rings is 1. The van der Waals surface area contributed by atoms with Crippen LogP contribution in [-0.2, 0) is 4.74 Å². The number of benzene rings is 2. The predicted molar refractivity (Wildman–Crippen MR) is 112 cm³/mol. The van der Waals surface area contributed by atoms with Crippen LogP contribution in [0.2, 0.25) is 0 Å². The average Bonchev–Trinajstić information content (AvgIpc) is 2.68. The van der Waals surface area contributed by atoms with Gasteiger partial charge in [0.2, 0.25) is 0 Å². The highest BCUT2D eigenvalue weighted by Gasteiger charge is 2.14. The number of hydrogen-bond acceptors (Lipinski definition) is 5. The molecule has 1 aromatic heterocycles. The van der Waals surface area contributed by atoms with Gasteiger partial charge in [0.1, 0.15) is 23.1 Å². The maximum absolute atomic E-state index is 12.1. The molecule has 7 heteroatoms. The number of ether oxygens (including phenoxy) is 2. The first-order valence-corrected chi connectivity index (χ1v) is 9.61. The molecule has 1 heterocycles. The number of carbonyl (C=O) groups excluding carboxylic acids is 1. The Bertz CT molecular complexity index is 1160. The van der Waals surface area contributed by atoms with E-state index in [0.29, 0.717) is 45.0 Å². The van der Waals surface area contributed by atoms with E-state index in [2.05, 4.69) is 20.9 Å². The number of aryl methyl sites for hydroxylation is 1. The van der Waals surface area contributed by atoms with Gasteiger partial charge in [0.25, 0.3) is 5.56 Å². The highest BCUT2D eigenvalue weighted by molar-refractivity contribution is 9.10. The molecule has 0 radical (unpaired) electrons. The zero-order chi connectivity index (χ0) is 21.0. The smallest absolute Gasteiger partial charge is 0.338 e. The number of nitrogens with one attached hydrogen (secondary N) is 1. The third-order valence-corrected chi connectivity index (χ3v) is 4.77. The summed E-state index contributed by atoms with van der Waals surface area (Å²) in [5.74, 6) is 0.736. The first-order chi connectivity index (χ1) is 13.9. The van der Waals surface area contributed by atoms with E-state index >= 15 is 0 Å². The molecule has 0 unspecified atom stereocenters. The largest absolute Gasteiger partial charge is 0.462 e. The van der Waals surface area contributed by atoms with Crippen molar-refractivity contribution in [3.63, 3.8) is 0 Å². The van der Waals surface area contributed by atoms with Crippen LogP contribution in [0.5, 0.6) is 11.5 Å². The van der Waals surface area contributed by atoms with Crippen molar-refractivity contribution in [2.45, 2.75) is 13.8 Å². The number of nitriles is 1. The van der Waals surface area contributed by atoms with Crippen molar-refractivity contribution >= 4 is 21.9 Å². The zero-order valence-corrected chi connectivity index (χ0v) is 17.4. The van der Waals surface area contributed by atoms with Gasteiger partial charge in [0.05, 0.1) is 12.2 Å². The quantitative estimate of drug-likeness (QED) is 0.552. The van der Waals surface area contributed by atoms with E-state index in [1.807, 2.05) is 6.07 Å². The van der Waals surface area contributed by atoms with Gasteiger partial charge in [0.15, 0.2) is 0 Å². The van der Waals surface area contributed by atoms with E-state index in [4.69, 9.17) is 9.47 Å². The molecule has 3 rings (SSSR count). The second-order valence-corrected chi connectivity index (χ2v) is 7.02. The SMILES string of the molecule is CCOC(=O)c1ccc(Oc2ccc(-c3cc(C)[nH]c(=O)c3C#N)c(Br)c2)cc1. The van der Waals surface area contributed by atoms with Gasteiger partial charge in [-0.15, -0.1) is 0 Å². The van der Waals surface area contributed by atoms with Crippen LogP contribution in [-0.4, -0.2) is 17.6 Å². The lowest BCUT2D eigenvalue weighted by Gasteiger charge is -2.11. The van der Waals surface area contributed by atoms with Crippen molar-refractivity contribution in [3.8, 4) is 28.7 Å². The van der Waals surface area contributed by atoms with Crippen LogP contribution in [0.4, 0.5) is 0 Å². The van der Waals surface area contributed by atoms with Crippen LogP contribution in [0.15, 0.2) is 57.8 Å². The fraction of sp³-hybridized carbons (Fsp3) is 0.136. The topological polar surface area (TPSA) is 92.2 Å². The Morgan fingerprint density at radius 1 is 1.10 bits per heavy atom. The number of aromatic amines is 1. The van der Waals surface area contributed by atoms with Crippen LogP contribution in [0.1, 0.15) is 28.5 Å². The summed E-state index contributed by atoms with van der Waals surface area (Å²) in [6.07, 6.45) is 0. The second-order valence-electron chi connectivity index (χ2n) is 6.17. The summed E-state index contributed by atoms with van der Waals surface area (Å²) in [5, 5.41) is 9.34.